The zero-order chi connectivity index (χ0) is 16.4. The van der Waals surface area contributed by atoms with Crippen molar-refractivity contribution in [2.45, 2.75) is 37.6 Å². The zero-order valence-corrected chi connectivity index (χ0v) is 14.6. The van der Waals surface area contributed by atoms with Crippen molar-refractivity contribution in [1.29, 1.82) is 0 Å². The fourth-order valence-corrected chi connectivity index (χ4v) is 4.59. The van der Waals surface area contributed by atoms with Gasteiger partial charge in [0, 0.05) is 16.7 Å². The van der Waals surface area contributed by atoms with E-state index in [4.69, 9.17) is 16.3 Å². The van der Waals surface area contributed by atoms with Crippen LogP contribution in [-0.4, -0.2) is 35.2 Å². The first-order valence-electron chi connectivity index (χ1n) is 7.97. The van der Waals surface area contributed by atoms with Crippen LogP contribution < -0.4 is 0 Å². The van der Waals surface area contributed by atoms with Crippen molar-refractivity contribution in [2.75, 3.05) is 12.4 Å². The van der Waals surface area contributed by atoms with Crippen LogP contribution in [0.3, 0.4) is 0 Å². The predicted molar refractivity (Wildman–Crippen MR) is 91.3 cm³/mol. The molecule has 1 aromatic rings. The lowest BCUT2D eigenvalue weighted by molar-refractivity contribution is -0.156. The number of halogens is 1. The summed E-state index contributed by atoms with van der Waals surface area (Å²) in [6.07, 6.45) is 2.92. The quantitative estimate of drug-likeness (QED) is 0.775. The standard InChI is InChI=1S/C17H20ClNO3S/c1-2-22-17(21)14-10-23-16(12-7-4-8-13(18)9-12)19(14)15(20)11-5-3-6-11/h4,7-9,11,14,16H,2-3,5-6,10H2,1H3. The van der Waals surface area contributed by atoms with Gasteiger partial charge in [0.1, 0.15) is 11.4 Å². The Hall–Kier alpha value is -1.20. The van der Waals surface area contributed by atoms with E-state index < -0.39 is 6.04 Å². The van der Waals surface area contributed by atoms with Gasteiger partial charge in [-0.3, -0.25) is 4.79 Å². The Balaban J connectivity index is 1.88. The van der Waals surface area contributed by atoms with Crippen molar-refractivity contribution in [1.82, 2.24) is 4.90 Å². The van der Waals surface area contributed by atoms with Crippen molar-refractivity contribution in [3.8, 4) is 0 Å². The summed E-state index contributed by atoms with van der Waals surface area (Å²) < 4.78 is 5.17. The first-order chi connectivity index (χ1) is 11.1. The van der Waals surface area contributed by atoms with Gasteiger partial charge in [-0.25, -0.2) is 4.79 Å². The number of carbonyl (C=O) groups excluding carboxylic acids is 2. The maximum Gasteiger partial charge on any atom is 0.329 e. The van der Waals surface area contributed by atoms with E-state index in [1.807, 2.05) is 24.3 Å². The molecule has 2 aliphatic rings. The predicted octanol–water partition coefficient (Wildman–Crippen LogP) is 3.65. The van der Waals surface area contributed by atoms with Gasteiger partial charge in [-0.1, -0.05) is 30.2 Å². The second kappa shape index (κ2) is 7.14. The fraction of sp³-hybridized carbons (Fsp3) is 0.529. The van der Waals surface area contributed by atoms with E-state index in [2.05, 4.69) is 0 Å². The van der Waals surface area contributed by atoms with Crippen LogP contribution in [0.5, 0.6) is 0 Å². The smallest absolute Gasteiger partial charge is 0.329 e. The van der Waals surface area contributed by atoms with Gasteiger partial charge in [0.25, 0.3) is 0 Å². The van der Waals surface area contributed by atoms with Crippen LogP contribution in [0.1, 0.15) is 37.1 Å². The maximum atomic E-state index is 12.9. The summed E-state index contributed by atoms with van der Waals surface area (Å²) in [5, 5.41) is 0.468. The van der Waals surface area contributed by atoms with Crippen LogP contribution in [0.2, 0.25) is 5.02 Å². The van der Waals surface area contributed by atoms with Gasteiger partial charge in [-0.05, 0) is 37.5 Å². The Labute approximate surface area is 145 Å². The molecule has 1 saturated heterocycles. The largest absolute Gasteiger partial charge is 0.464 e. The van der Waals surface area contributed by atoms with Crippen LogP contribution in [0.4, 0.5) is 0 Å². The summed E-state index contributed by atoms with van der Waals surface area (Å²) in [5.41, 5.74) is 0.960. The summed E-state index contributed by atoms with van der Waals surface area (Å²) in [4.78, 5) is 26.9. The van der Waals surface area contributed by atoms with Crippen molar-refractivity contribution >= 4 is 35.2 Å². The van der Waals surface area contributed by atoms with Crippen molar-refractivity contribution < 1.29 is 14.3 Å². The lowest BCUT2D eigenvalue weighted by atomic mass is 9.84. The fourth-order valence-electron chi connectivity index (χ4n) is 2.98. The van der Waals surface area contributed by atoms with Crippen LogP contribution >= 0.6 is 23.4 Å². The lowest BCUT2D eigenvalue weighted by Crippen LogP contribution is -2.47. The van der Waals surface area contributed by atoms with Crippen LogP contribution in [0.15, 0.2) is 24.3 Å². The number of hydrogen-bond donors (Lipinski definition) is 0. The number of esters is 1. The van der Waals surface area contributed by atoms with E-state index in [0.29, 0.717) is 17.4 Å². The summed E-state index contributed by atoms with van der Waals surface area (Å²) in [7, 11) is 0. The summed E-state index contributed by atoms with van der Waals surface area (Å²) in [6.45, 7) is 2.11. The number of thioether (sulfide) groups is 1. The summed E-state index contributed by atoms with van der Waals surface area (Å²) >= 11 is 7.70. The van der Waals surface area contributed by atoms with Crippen LogP contribution in [0.25, 0.3) is 0 Å². The molecule has 3 rings (SSSR count). The second-order valence-corrected chi connectivity index (χ2v) is 7.43. The molecule has 1 saturated carbocycles. The monoisotopic (exact) mass is 353 g/mol. The molecule has 0 spiro atoms. The van der Waals surface area contributed by atoms with E-state index in [1.165, 1.54) is 0 Å². The van der Waals surface area contributed by atoms with Gasteiger partial charge < -0.3 is 9.64 Å². The molecule has 6 heteroatoms. The molecule has 23 heavy (non-hydrogen) atoms. The van der Waals surface area contributed by atoms with Gasteiger partial charge in [0.2, 0.25) is 5.91 Å². The molecule has 0 bridgehead atoms. The van der Waals surface area contributed by atoms with Gasteiger partial charge in [0.05, 0.1) is 6.61 Å². The molecule has 0 N–H and O–H groups in total. The average Bonchev–Trinajstić information content (AvgIpc) is 2.90. The Bertz CT molecular complexity index is 605. The SMILES string of the molecule is CCOC(=O)C1CSC(c2cccc(Cl)c2)N1C(=O)C1CCC1. The highest BCUT2D eigenvalue weighted by molar-refractivity contribution is 7.99. The normalized spacial score (nSPS) is 24.3. The van der Waals surface area contributed by atoms with Gasteiger partial charge in [-0.15, -0.1) is 11.8 Å². The van der Waals surface area contributed by atoms with Gasteiger partial charge >= 0.3 is 5.97 Å². The van der Waals surface area contributed by atoms with Crippen molar-refractivity contribution in [3.63, 3.8) is 0 Å². The molecule has 4 nitrogen and oxygen atoms in total. The minimum absolute atomic E-state index is 0.0484. The molecular formula is C17H20ClNO3S. The molecule has 124 valence electrons. The molecule has 1 amide bonds. The number of ether oxygens (including phenoxy) is 1. The molecule has 1 aliphatic carbocycles. The molecule has 2 fully saturated rings. The maximum absolute atomic E-state index is 12.9. The van der Waals surface area contributed by atoms with E-state index in [0.717, 1.165) is 24.8 Å². The third-order valence-electron chi connectivity index (χ3n) is 4.40. The Morgan fingerprint density at radius 3 is 2.78 bits per heavy atom. The first-order valence-corrected chi connectivity index (χ1v) is 9.40. The highest BCUT2D eigenvalue weighted by Crippen LogP contribution is 2.44. The van der Waals surface area contributed by atoms with Gasteiger partial charge in [-0.2, -0.15) is 0 Å². The Morgan fingerprint density at radius 2 is 2.17 bits per heavy atom. The molecule has 2 unspecified atom stereocenters. The van der Waals surface area contributed by atoms with E-state index in [1.54, 1.807) is 23.6 Å². The molecule has 0 aromatic heterocycles. The third-order valence-corrected chi connectivity index (χ3v) is 5.96. The molecular weight excluding hydrogens is 334 g/mol. The number of nitrogens with zero attached hydrogens (tertiary/aromatic N) is 1. The van der Waals surface area contributed by atoms with Crippen molar-refractivity contribution in [2.24, 2.45) is 5.92 Å². The molecule has 0 radical (unpaired) electrons. The molecule has 1 heterocycles. The number of amides is 1. The molecule has 2 atom stereocenters. The number of benzene rings is 1. The van der Waals surface area contributed by atoms with E-state index in [9.17, 15) is 9.59 Å². The van der Waals surface area contributed by atoms with Crippen LogP contribution in [0, 0.1) is 5.92 Å². The van der Waals surface area contributed by atoms with E-state index >= 15 is 0 Å². The Morgan fingerprint density at radius 1 is 1.39 bits per heavy atom. The van der Waals surface area contributed by atoms with Gasteiger partial charge in [0.15, 0.2) is 0 Å². The molecule has 1 aliphatic heterocycles. The average molecular weight is 354 g/mol. The van der Waals surface area contributed by atoms with Crippen LogP contribution in [-0.2, 0) is 14.3 Å². The number of carbonyl (C=O) groups is 2. The minimum Gasteiger partial charge on any atom is -0.464 e. The third kappa shape index (κ3) is 3.36. The summed E-state index contributed by atoms with van der Waals surface area (Å²) in [6, 6.07) is 7.01. The first kappa shape index (κ1) is 16.7. The Kier molecular flexibility index (Phi) is 5.17. The highest BCUT2D eigenvalue weighted by Gasteiger charge is 2.45. The topological polar surface area (TPSA) is 46.6 Å². The lowest BCUT2D eigenvalue weighted by Gasteiger charge is -2.35. The highest BCUT2D eigenvalue weighted by atomic mass is 35.5. The summed E-state index contributed by atoms with van der Waals surface area (Å²) in [5.74, 6) is 0.378. The minimum atomic E-state index is -0.503. The molecule has 1 aromatic carbocycles. The number of rotatable bonds is 4. The van der Waals surface area contributed by atoms with Crippen molar-refractivity contribution in [3.05, 3.63) is 34.9 Å². The zero-order valence-electron chi connectivity index (χ0n) is 13.0. The number of hydrogen-bond acceptors (Lipinski definition) is 4. The van der Waals surface area contributed by atoms with E-state index in [-0.39, 0.29) is 23.2 Å². The second-order valence-electron chi connectivity index (χ2n) is 5.88.